The minimum atomic E-state index is 0.201. The lowest BCUT2D eigenvalue weighted by Crippen LogP contribution is -2.24. The average molecular weight is 337 g/mol. The van der Waals surface area contributed by atoms with Gasteiger partial charge in [0.1, 0.15) is 5.76 Å². The topological polar surface area (TPSA) is 42.4 Å². The van der Waals surface area contributed by atoms with E-state index in [2.05, 4.69) is 53.0 Å². The van der Waals surface area contributed by atoms with Gasteiger partial charge in [-0.15, -0.1) is 0 Å². The monoisotopic (exact) mass is 336 g/mol. The second kappa shape index (κ2) is 6.95. The predicted octanol–water partition coefficient (Wildman–Crippen LogP) is 3.96. The number of anilines is 1. The highest BCUT2D eigenvalue weighted by Gasteiger charge is 2.12. The lowest BCUT2D eigenvalue weighted by atomic mass is 10.0. The van der Waals surface area contributed by atoms with Gasteiger partial charge in [-0.3, -0.25) is 0 Å². The summed E-state index contributed by atoms with van der Waals surface area (Å²) in [5.74, 6) is 0.957. The van der Waals surface area contributed by atoms with E-state index in [0.29, 0.717) is 0 Å². The molecular formula is C16H21BrN2O. The molecule has 108 valence electrons. The fourth-order valence-electron chi connectivity index (χ4n) is 2.21. The molecule has 1 aromatic carbocycles. The Hall–Kier alpha value is -1.26. The van der Waals surface area contributed by atoms with Crippen LogP contribution in [0.3, 0.4) is 0 Å². The van der Waals surface area contributed by atoms with E-state index in [1.165, 1.54) is 11.3 Å². The molecule has 0 aliphatic rings. The van der Waals surface area contributed by atoms with Crippen molar-refractivity contribution in [2.24, 2.45) is 5.73 Å². The van der Waals surface area contributed by atoms with Crippen LogP contribution >= 0.6 is 15.9 Å². The molecule has 1 unspecified atom stereocenters. The molecule has 0 saturated heterocycles. The third-order valence-corrected chi connectivity index (χ3v) is 3.93. The quantitative estimate of drug-likeness (QED) is 0.868. The highest BCUT2D eigenvalue weighted by Crippen LogP contribution is 2.27. The molecule has 2 N–H and O–H groups in total. The molecule has 0 bridgehead atoms. The maximum absolute atomic E-state index is 6.10. The Kier molecular flexibility index (Phi) is 5.26. The average Bonchev–Trinajstić information content (AvgIpc) is 2.93. The fourth-order valence-corrected chi connectivity index (χ4v) is 2.56. The molecule has 1 heterocycles. The van der Waals surface area contributed by atoms with E-state index in [-0.39, 0.29) is 6.04 Å². The minimum absolute atomic E-state index is 0.201. The minimum Gasteiger partial charge on any atom is -0.467 e. The molecule has 1 atom stereocenters. The number of benzene rings is 1. The molecule has 0 fully saturated rings. The smallest absolute Gasteiger partial charge is 0.123 e. The summed E-state index contributed by atoms with van der Waals surface area (Å²) in [5.41, 5.74) is 8.57. The Labute approximate surface area is 128 Å². The van der Waals surface area contributed by atoms with E-state index >= 15 is 0 Å². The molecule has 0 amide bonds. The van der Waals surface area contributed by atoms with E-state index in [4.69, 9.17) is 10.2 Å². The zero-order valence-corrected chi connectivity index (χ0v) is 13.6. The summed E-state index contributed by atoms with van der Waals surface area (Å²) >= 11 is 3.54. The van der Waals surface area contributed by atoms with Gasteiger partial charge >= 0.3 is 0 Å². The first-order valence-electron chi connectivity index (χ1n) is 6.87. The Bertz CT molecular complexity index is 539. The molecule has 2 aromatic rings. The maximum Gasteiger partial charge on any atom is 0.123 e. The number of hydrogen-bond acceptors (Lipinski definition) is 3. The lowest BCUT2D eigenvalue weighted by molar-refractivity contribution is 0.507. The first-order valence-corrected chi connectivity index (χ1v) is 7.67. The first-order chi connectivity index (χ1) is 9.60. The van der Waals surface area contributed by atoms with Gasteiger partial charge < -0.3 is 15.1 Å². The summed E-state index contributed by atoms with van der Waals surface area (Å²) in [4.78, 5) is 2.20. The zero-order valence-electron chi connectivity index (χ0n) is 12.0. The number of hydrogen-bond donors (Lipinski definition) is 1. The fraction of sp³-hybridized carbons (Fsp3) is 0.375. The van der Waals surface area contributed by atoms with Crippen LogP contribution < -0.4 is 10.6 Å². The van der Waals surface area contributed by atoms with E-state index in [0.717, 1.165) is 29.6 Å². The van der Waals surface area contributed by atoms with Crippen molar-refractivity contribution >= 4 is 21.6 Å². The van der Waals surface area contributed by atoms with Gasteiger partial charge in [-0.1, -0.05) is 28.9 Å². The van der Waals surface area contributed by atoms with Gasteiger partial charge in [0.25, 0.3) is 0 Å². The number of nitrogens with two attached hydrogens (primary N) is 1. The van der Waals surface area contributed by atoms with E-state index < -0.39 is 0 Å². The van der Waals surface area contributed by atoms with Crippen LogP contribution in [-0.2, 0) is 13.0 Å². The van der Waals surface area contributed by atoms with Crippen molar-refractivity contribution in [3.63, 3.8) is 0 Å². The summed E-state index contributed by atoms with van der Waals surface area (Å²) in [6.07, 6.45) is 3.58. The van der Waals surface area contributed by atoms with E-state index in [1.54, 1.807) is 6.26 Å². The van der Waals surface area contributed by atoms with Gasteiger partial charge in [-0.2, -0.15) is 0 Å². The summed E-state index contributed by atoms with van der Waals surface area (Å²) in [7, 11) is 2.07. The van der Waals surface area contributed by atoms with Crippen molar-refractivity contribution in [2.75, 3.05) is 11.9 Å². The van der Waals surface area contributed by atoms with Crippen LogP contribution in [0.15, 0.2) is 45.5 Å². The molecule has 0 saturated carbocycles. The molecule has 4 heteroatoms. The summed E-state index contributed by atoms with van der Waals surface area (Å²) in [6, 6.07) is 10.5. The Balaban J connectivity index is 2.21. The molecular weight excluding hydrogens is 316 g/mol. The Morgan fingerprint density at radius 3 is 2.80 bits per heavy atom. The van der Waals surface area contributed by atoms with Crippen LogP contribution in [0, 0.1) is 0 Å². The first kappa shape index (κ1) is 15.1. The van der Waals surface area contributed by atoms with Crippen LogP contribution in [-0.4, -0.2) is 13.1 Å². The van der Waals surface area contributed by atoms with Crippen molar-refractivity contribution in [3.8, 4) is 0 Å². The van der Waals surface area contributed by atoms with Crippen LogP contribution in [0.2, 0.25) is 0 Å². The van der Waals surface area contributed by atoms with Crippen molar-refractivity contribution < 1.29 is 4.42 Å². The van der Waals surface area contributed by atoms with Crippen LogP contribution in [0.5, 0.6) is 0 Å². The summed E-state index contributed by atoms with van der Waals surface area (Å²) in [6.45, 7) is 2.87. The molecule has 0 aliphatic heterocycles. The molecule has 3 nitrogen and oxygen atoms in total. The van der Waals surface area contributed by atoms with Crippen molar-refractivity contribution in [1.29, 1.82) is 0 Å². The van der Waals surface area contributed by atoms with Gasteiger partial charge in [-0.05, 0) is 42.7 Å². The number of furan rings is 1. The number of halogens is 1. The van der Waals surface area contributed by atoms with Crippen LogP contribution in [0.25, 0.3) is 0 Å². The number of rotatable bonds is 6. The second-order valence-electron chi connectivity index (χ2n) is 5.08. The van der Waals surface area contributed by atoms with Crippen molar-refractivity contribution in [3.05, 3.63) is 52.4 Å². The molecule has 20 heavy (non-hydrogen) atoms. The Morgan fingerprint density at radius 2 is 2.15 bits per heavy atom. The predicted molar refractivity (Wildman–Crippen MR) is 86.9 cm³/mol. The van der Waals surface area contributed by atoms with Gasteiger partial charge in [-0.25, -0.2) is 0 Å². The highest BCUT2D eigenvalue weighted by molar-refractivity contribution is 9.10. The maximum atomic E-state index is 6.10. The molecule has 1 aromatic heterocycles. The summed E-state index contributed by atoms with van der Waals surface area (Å²) in [5, 5.41) is 0. The third kappa shape index (κ3) is 3.87. The van der Waals surface area contributed by atoms with E-state index in [1.807, 2.05) is 12.1 Å². The third-order valence-electron chi connectivity index (χ3n) is 3.44. The molecule has 0 aliphatic carbocycles. The normalized spacial score (nSPS) is 12.4. The zero-order chi connectivity index (χ0) is 14.5. The lowest BCUT2D eigenvalue weighted by Gasteiger charge is -2.23. The SMILES string of the molecule is CCC(N)Cc1ccc(Br)cc1N(C)Cc1ccco1. The molecule has 0 radical (unpaired) electrons. The number of nitrogens with zero attached hydrogens (tertiary/aromatic N) is 1. The van der Waals surface area contributed by atoms with Crippen LogP contribution in [0.4, 0.5) is 5.69 Å². The largest absolute Gasteiger partial charge is 0.467 e. The van der Waals surface area contributed by atoms with Gasteiger partial charge in [0.2, 0.25) is 0 Å². The van der Waals surface area contributed by atoms with Crippen LogP contribution in [0.1, 0.15) is 24.7 Å². The Morgan fingerprint density at radius 1 is 1.35 bits per heavy atom. The summed E-state index contributed by atoms with van der Waals surface area (Å²) < 4.78 is 6.50. The van der Waals surface area contributed by atoms with Crippen molar-refractivity contribution in [2.45, 2.75) is 32.4 Å². The highest BCUT2D eigenvalue weighted by atomic mass is 79.9. The van der Waals surface area contributed by atoms with Gasteiger partial charge in [0, 0.05) is 23.2 Å². The standard InChI is InChI=1S/C16H21BrN2O/c1-3-14(18)9-12-6-7-13(17)10-16(12)19(2)11-15-5-4-8-20-15/h4-8,10,14H,3,9,11,18H2,1-2H3. The second-order valence-corrected chi connectivity index (χ2v) is 6.00. The molecule has 2 rings (SSSR count). The van der Waals surface area contributed by atoms with Gasteiger partial charge in [0.15, 0.2) is 0 Å². The van der Waals surface area contributed by atoms with Crippen molar-refractivity contribution in [1.82, 2.24) is 0 Å². The van der Waals surface area contributed by atoms with Gasteiger partial charge in [0.05, 0.1) is 12.8 Å². The molecule has 0 spiro atoms. The van der Waals surface area contributed by atoms with E-state index in [9.17, 15) is 0 Å².